The van der Waals surface area contributed by atoms with Gasteiger partial charge >= 0.3 is 0 Å². The molecule has 2 atom stereocenters. The van der Waals surface area contributed by atoms with E-state index in [2.05, 4.69) is 29.2 Å². The molecule has 17 heavy (non-hydrogen) atoms. The van der Waals surface area contributed by atoms with E-state index in [0.717, 1.165) is 13.1 Å². The number of nitrogens with zero attached hydrogens (tertiary/aromatic N) is 2. The summed E-state index contributed by atoms with van der Waals surface area (Å²) in [5, 5.41) is 3.13. The molecule has 2 unspecified atom stereocenters. The third kappa shape index (κ3) is 4.61. The molecule has 100 valence electrons. The molecule has 0 aliphatic carbocycles. The summed E-state index contributed by atoms with van der Waals surface area (Å²) in [5.41, 5.74) is 5.39. The highest BCUT2D eigenvalue weighted by Crippen LogP contribution is 2.13. The van der Waals surface area contributed by atoms with Gasteiger partial charge in [0, 0.05) is 19.1 Å². The number of carbonyl (C=O) groups is 1. The van der Waals surface area contributed by atoms with Crippen molar-refractivity contribution >= 4 is 5.91 Å². The van der Waals surface area contributed by atoms with E-state index < -0.39 is 0 Å². The smallest absolute Gasteiger partial charge is 0.235 e. The second kappa shape index (κ2) is 6.93. The van der Waals surface area contributed by atoms with Gasteiger partial charge in [0.05, 0.1) is 6.04 Å². The maximum atomic E-state index is 11.3. The molecule has 0 aromatic heterocycles. The molecule has 1 rings (SSSR count). The molecule has 1 aliphatic heterocycles. The zero-order chi connectivity index (χ0) is 12.8. The Morgan fingerprint density at radius 2 is 2.35 bits per heavy atom. The topological polar surface area (TPSA) is 61.6 Å². The quantitative estimate of drug-likeness (QED) is 0.658. The normalized spacial score (nSPS) is 23.9. The van der Waals surface area contributed by atoms with Crippen LogP contribution in [0.1, 0.15) is 19.8 Å². The van der Waals surface area contributed by atoms with Gasteiger partial charge in [-0.3, -0.25) is 4.79 Å². The lowest BCUT2D eigenvalue weighted by Gasteiger charge is -2.37. The van der Waals surface area contributed by atoms with Crippen LogP contribution in [0.25, 0.3) is 0 Å². The molecule has 0 aromatic rings. The molecule has 1 saturated heterocycles. The first kappa shape index (κ1) is 14.4. The summed E-state index contributed by atoms with van der Waals surface area (Å²) in [6.07, 6.45) is 2.44. The van der Waals surface area contributed by atoms with Gasteiger partial charge < -0.3 is 20.9 Å². The summed E-state index contributed by atoms with van der Waals surface area (Å²) in [4.78, 5) is 15.9. The fourth-order valence-corrected chi connectivity index (χ4v) is 2.44. The van der Waals surface area contributed by atoms with E-state index in [0.29, 0.717) is 12.6 Å². The van der Waals surface area contributed by atoms with Crippen LogP contribution in [0.4, 0.5) is 0 Å². The fourth-order valence-electron chi connectivity index (χ4n) is 2.44. The van der Waals surface area contributed by atoms with Crippen LogP contribution in [0.3, 0.4) is 0 Å². The minimum Gasteiger partial charge on any atom is -0.368 e. The van der Waals surface area contributed by atoms with E-state index in [9.17, 15) is 4.79 Å². The van der Waals surface area contributed by atoms with Crippen LogP contribution in [0.5, 0.6) is 0 Å². The van der Waals surface area contributed by atoms with Crippen LogP contribution in [0, 0.1) is 0 Å². The highest BCUT2D eigenvalue weighted by molar-refractivity contribution is 5.80. The first-order valence-electron chi connectivity index (χ1n) is 6.46. The van der Waals surface area contributed by atoms with Crippen molar-refractivity contribution in [2.45, 2.75) is 31.8 Å². The molecule has 5 heteroatoms. The lowest BCUT2D eigenvalue weighted by Crippen LogP contribution is -2.53. The first-order chi connectivity index (χ1) is 8.04. The second-order valence-electron chi connectivity index (χ2n) is 5.01. The summed E-state index contributed by atoms with van der Waals surface area (Å²) in [6, 6.07) is 0.298. The van der Waals surface area contributed by atoms with Gasteiger partial charge in [-0.2, -0.15) is 0 Å². The van der Waals surface area contributed by atoms with E-state index in [1.165, 1.54) is 19.4 Å². The Bertz CT molecular complexity index is 247. The van der Waals surface area contributed by atoms with Crippen LogP contribution >= 0.6 is 0 Å². The molecule has 3 N–H and O–H groups in total. The fraction of sp³-hybridized carbons (Fsp3) is 0.917. The maximum Gasteiger partial charge on any atom is 0.235 e. The average molecular weight is 242 g/mol. The van der Waals surface area contributed by atoms with Gasteiger partial charge in [-0.15, -0.1) is 0 Å². The van der Waals surface area contributed by atoms with E-state index >= 15 is 0 Å². The van der Waals surface area contributed by atoms with Gasteiger partial charge in [0.15, 0.2) is 0 Å². The molecule has 1 heterocycles. The second-order valence-corrected chi connectivity index (χ2v) is 5.01. The third-order valence-corrected chi connectivity index (χ3v) is 3.49. The molecule has 0 bridgehead atoms. The van der Waals surface area contributed by atoms with Crippen LogP contribution in [-0.2, 0) is 4.79 Å². The van der Waals surface area contributed by atoms with E-state index in [4.69, 9.17) is 5.73 Å². The van der Waals surface area contributed by atoms with Crippen LogP contribution in [0.15, 0.2) is 0 Å². The number of nitrogens with two attached hydrogens (primary N) is 1. The number of rotatable bonds is 6. The Kier molecular flexibility index (Phi) is 5.88. The zero-order valence-corrected chi connectivity index (χ0v) is 11.3. The molecule has 0 saturated carbocycles. The third-order valence-electron chi connectivity index (χ3n) is 3.49. The molecule has 1 fully saturated rings. The zero-order valence-electron chi connectivity index (χ0n) is 11.3. The molecule has 0 aromatic carbocycles. The molecule has 0 radical (unpaired) electrons. The monoisotopic (exact) mass is 242 g/mol. The number of hydrogen-bond donors (Lipinski definition) is 2. The molecular weight excluding hydrogens is 216 g/mol. The average Bonchev–Trinajstić information content (AvgIpc) is 2.28. The summed E-state index contributed by atoms with van der Waals surface area (Å²) < 4.78 is 0. The maximum absolute atomic E-state index is 11.3. The van der Waals surface area contributed by atoms with Crippen LogP contribution in [-0.4, -0.2) is 68.1 Å². The van der Waals surface area contributed by atoms with Gasteiger partial charge in [-0.05, 0) is 40.0 Å². The van der Waals surface area contributed by atoms with Crippen molar-refractivity contribution in [2.75, 3.05) is 40.3 Å². The van der Waals surface area contributed by atoms with Crippen molar-refractivity contribution < 1.29 is 4.79 Å². The number of nitrogens with one attached hydrogen (secondary N) is 1. The number of primary amides is 1. The lowest BCUT2D eigenvalue weighted by atomic mass is 10.0. The highest BCUT2D eigenvalue weighted by Gasteiger charge is 2.24. The van der Waals surface area contributed by atoms with Gasteiger partial charge in [-0.25, -0.2) is 0 Å². The Morgan fingerprint density at radius 3 is 2.88 bits per heavy atom. The van der Waals surface area contributed by atoms with E-state index in [1.54, 1.807) is 0 Å². The van der Waals surface area contributed by atoms with Crippen molar-refractivity contribution in [3.8, 4) is 0 Å². The van der Waals surface area contributed by atoms with Gasteiger partial charge in [0.1, 0.15) is 0 Å². The molecular formula is C12H26N4O. The van der Waals surface area contributed by atoms with E-state index in [1.807, 2.05) is 6.92 Å². The standard InChI is InChI=1S/C12H26N4O/c1-4-14-11(12(13)17)9-16(3)10-6-5-7-15(2)8-10/h10-11,14H,4-9H2,1-3H3,(H2,13,17). The summed E-state index contributed by atoms with van der Waals surface area (Å²) >= 11 is 0. The number of carbonyl (C=O) groups excluding carboxylic acids is 1. The minimum atomic E-state index is -0.261. The number of amides is 1. The number of piperidine rings is 1. The number of likely N-dealkylation sites (tertiary alicyclic amines) is 1. The molecule has 1 aliphatic rings. The Labute approximate surface area is 104 Å². The summed E-state index contributed by atoms with van der Waals surface area (Å²) in [6.45, 7) is 5.71. The Balaban J connectivity index is 2.45. The van der Waals surface area contributed by atoms with Crippen molar-refractivity contribution in [3.63, 3.8) is 0 Å². The predicted molar refractivity (Wildman–Crippen MR) is 69.8 cm³/mol. The van der Waals surface area contributed by atoms with Crippen LogP contribution in [0.2, 0.25) is 0 Å². The molecule has 0 spiro atoms. The summed E-state index contributed by atoms with van der Waals surface area (Å²) in [7, 11) is 4.23. The van der Waals surface area contributed by atoms with Gasteiger partial charge in [-0.1, -0.05) is 6.92 Å². The van der Waals surface area contributed by atoms with Crippen molar-refractivity contribution in [1.82, 2.24) is 15.1 Å². The number of hydrogen-bond acceptors (Lipinski definition) is 4. The lowest BCUT2D eigenvalue weighted by molar-refractivity contribution is -0.120. The Morgan fingerprint density at radius 1 is 1.65 bits per heavy atom. The minimum absolute atomic E-state index is 0.239. The van der Waals surface area contributed by atoms with Crippen molar-refractivity contribution in [3.05, 3.63) is 0 Å². The van der Waals surface area contributed by atoms with E-state index in [-0.39, 0.29) is 11.9 Å². The van der Waals surface area contributed by atoms with Gasteiger partial charge in [0.25, 0.3) is 0 Å². The first-order valence-corrected chi connectivity index (χ1v) is 6.46. The number of likely N-dealkylation sites (N-methyl/N-ethyl adjacent to an activating group) is 3. The highest BCUT2D eigenvalue weighted by atomic mass is 16.1. The van der Waals surface area contributed by atoms with Gasteiger partial charge in [0.2, 0.25) is 5.91 Å². The largest absolute Gasteiger partial charge is 0.368 e. The SMILES string of the molecule is CCNC(CN(C)C1CCCN(C)C1)C(N)=O. The predicted octanol–water partition coefficient (Wildman–Crippen LogP) is -0.524. The molecule has 1 amide bonds. The van der Waals surface area contributed by atoms with Crippen molar-refractivity contribution in [2.24, 2.45) is 5.73 Å². The van der Waals surface area contributed by atoms with Crippen LogP contribution < -0.4 is 11.1 Å². The summed E-state index contributed by atoms with van der Waals surface area (Å²) in [5.74, 6) is -0.261. The molecule has 5 nitrogen and oxygen atoms in total. The Hall–Kier alpha value is -0.650. The van der Waals surface area contributed by atoms with Crippen molar-refractivity contribution in [1.29, 1.82) is 0 Å².